The molecule has 0 N–H and O–H groups in total. The van der Waals surface area contributed by atoms with Gasteiger partial charge in [0.25, 0.3) is 0 Å². The van der Waals surface area contributed by atoms with Crippen molar-refractivity contribution in [3.05, 3.63) is 69.8 Å². The summed E-state index contributed by atoms with van der Waals surface area (Å²) in [5, 5.41) is 0. The lowest BCUT2D eigenvalue weighted by molar-refractivity contribution is 0.0590. The molecule has 0 saturated heterocycles. The molecule has 4 aliphatic carbocycles. The zero-order chi connectivity index (χ0) is 22.8. The molecule has 0 radical (unpaired) electrons. The maximum absolute atomic E-state index is 12.3. The van der Waals surface area contributed by atoms with Gasteiger partial charge in [-0.1, -0.05) is 49.9 Å². The number of rotatable bonds is 2. The zero-order valence-corrected chi connectivity index (χ0v) is 19.6. The molecule has 0 atom stereocenters. The van der Waals surface area contributed by atoms with Gasteiger partial charge in [0.05, 0.1) is 25.3 Å². The molecule has 4 aliphatic rings. The molecule has 6 rings (SSSR count). The monoisotopic (exact) mass is 436 g/mol. The van der Waals surface area contributed by atoms with Crippen LogP contribution in [0.25, 0.3) is 0 Å². The lowest BCUT2D eigenvalue weighted by atomic mass is 9.94. The summed E-state index contributed by atoms with van der Waals surface area (Å²) in [5.74, 6) is -0.468. The molecule has 2 aromatic rings. The number of aryl methyl sites for hydroxylation is 4. The van der Waals surface area contributed by atoms with Gasteiger partial charge in [-0.25, -0.2) is 9.59 Å². The summed E-state index contributed by atoms with van der Waals surface area (Å²) < 4.78 is 10.1. The molecule has 0 spiro atoms. The molecule has 0 heterocycles. The van der Waals surface area contributed by atoms with Gasteiger partial charge in [0.15, 0.2) is 0 Å². The highest BCUT2D eigenvalue weighted by Gasteiger charge is 2.14. The van der Waals surface area contributed by atoms with Crippen LogP contribution in [0.3, 0.4) is 0 Å². The minimum atomic E-state index is -0.234. The van der Waals surface area contributed by atoms with Crippen LogP contribution >= 0.6 is 0 Å². The molecule has 172 valence electrons. The van der Waals surface area contributed by atoms with Gasteiger partial charge >= 0.3 is 11.9 Å². The molecule has 0 aromatic heterocycles. The molecule has 0 fully saturated rings. The number of ether oxygens (including phenoxy) is 2. The first kappa shape index (κ1) is 24.0. The predicted octanol–water partition coefficient (Wildman–Crippen LogP) is 6.26. The minimum absolute atomic E-state index is 0.234. The molecule has 0 amide bonds. The third kappa shape index (κ3) is 6.69. The first-order valence-electron chi connectivity index (χ1n) is 12.0. The number of hydrogen-bond donors (Lipinski definition) is 0. The number of carbonyl (C=O) groups is 2. The second kappa shape index (κ2) is 12.4. The van der Waals surface area contributed by atoms with Gasteiger partial charge in [-0.05, 0) is 85.8 Å². The molecule has 2 aromatic carbocycles. The summed E-state index contributed by atoms with van der Waals surface area (Å²) in [6.45, 7) is 0. The highest BCUT2D eigenvalue weighted by Crippen LogP contribution is 2.21. The fourth-order valence-corrected chi connectivity index (χ4v) is 4.59. The van der Waals surface area contributed by atoms with E-state index < -0.39 is 0 Å². The fourth-order valence-electron chi connectivity index (χ4n) is 4.59. The van der Waals surface area contributed by atoms with Gasteiger partial charge in [0.2, 0.25) is 0 Å². The van der Waals surface area contributed by atoms with E-state index in [1.54, 1.807) is 0 Å². The average molecular weight is 437 g/mol. The van der Waals surface area contributed by atoms with Crippen LogP contribution in [0, 0.1) is 0 Å². The van der Waals surface area contributed by atoms with E-state index in [0.717, 1.165) is 99.3 Å². The first-order valence-corrected chi connectivity index (χ1v) is 12.0. The summed E-state index contributed by atoms with van der Waals surface area (Å²) in [5.41, 5.74) is 6.03. The number of carbonyl (C=O) groups excluding carboxylic acids is 2. The number of hydrogen-bond acceptors (Lipinski definition) is 4. The Bertz CT molecular complexity index is 840. The SMILES string of the molecule is COC(=O)c1cc2ccc1CCCCCCc1ccc(cc1C(=O)OC)CCCCCC2. The van der Waals surface area contributed by atoms with Crippen molar-refractivity contribution in [2.24, 2.45) is 0 Å². The average Bonchev–Trinajstić information content (AvgIpc) is 2.82. The minimum Gasteiger partial charge on any atom is -0.465 e. The Balaban J connectivity index is 1.73. The van der Waals surface area contributed by atoms with E-state index in [9.17, 15) is 9.59 Å². The molecule has 4 heteroatoms. The summed E-state index contributed by atoms with van der Waals surface area (Å²) in [6, 6.07) is 12.7. The van der Waals surface area contributed by atoms with Gasteiger partial charge in [-0.2, -0.15) is 0 Å². The number of benzene rings is 2. The van der Waals surface area contributed by atoms with Crippen molar-refractivity contribution in [1.29, 1.82) is 0 Å². The van der Waals surface area contributed by atoms with E-state index in [1.807, 2.05) is 12.1 Å². The smallest absolute Gasteiger partial charge is 0.338 e. The van der Waals surface area contributed by atoms with Gasteiger partial charge in [0.1, 0.15) is 0 Å². The molecule has 4 bridgehead atoms. The third-order valence-corrected chi connectivity index (χ3v) is 6.48. The summed E-state index contributed by atoms with van der Waals surface area (Å²) in [7, 11) is 2.91. The van der Waals surface area contributed by atoms with E-state index in [0.29, 0.717) is 0 Å². The van der Waals surface area contributed by atoms with Crippen molar-refractivity contribution >= 4 is 11.9 Å². The van der Waals surface area contributed by atoms with Gasteiger partial charge in [0, 0.05) is 0 Å². The van der Waals surface area contributed by atoms with Crippen LogP contribution in [0.2, 0.25) is 0 Å². The van der Waals surface area contributed by atoms with Crippen molar-refractivity contribution in [3.63, 3.8) is 0 Å². The lowest BCUT2D eigenvalue weighted by Crippen LogP contribution is -2.08. The Kier molecular flexibility index (Phi) is 9.33. The van der Waals surface area contributed by atoms with Crippen LogP contribution in [0.5, 0.6) is 0 Å². The van der Waals surface area contributed by atoms with Crippen molar-refractivity contribution in [3.8, 4) is 0 Å². The summed E-state index contributed by atoms with van der Waals surface area (Å²) >= 11 is 0. The normalized spacial score (nSPS) is 15.8. The highest BCUT2D eigenvalue weighted by atomic mass is 16.5. The van der Waals surface area contributed by atoms with Crippen LogP contribution < -0.4 is 0 Å². The molecule has 0 saturated carbocycles. The van der Waals surface area contributed by atoms with Crippen LogP contribution in [0.4, 0.5) is 0 Å². The van der Waals surface area contributed by atoms with Crippen LogP contribution in [-0.2, 0) is 35.2 Å². The van der Waals surface area contributed by atoms with Crippen molar-refractivity contribution in [1.82, 2.24) is 0 Å². The molecule has 0 unspecified atom stereocenters. The van der Waals surface area contributed by atoms with Gasteiger partial charge in [-0.15, -0.1) is 0 Å². The maximum Gasteiger partial charge on any atom is 0.338 e. The van der Waals surface area contributed by atoms with E-state index in [2.05, 4.69) is 24.3 Å². The van der Waals surface area contributed by atoms with Crippen molar-refractivity contribution < 1.29 is 19.1 Å². The summed E-state index contributed by atoms with van der Waals surface area (Å²) in [6.07, 6.45) is 12.5. The molecule has 32 heavy (non-hydrogen) atoms. The largest absolute Gasteiger partial charge is 0.465 e. The summed E-state index contributed by atoms with van der Waals surface area (Å²) in [4.78, 5) is 24.6. The molecular formula is C28H36O4. The van der Waals surface area contributed by atoms with Gasteiger partial charge < -0.3 is 9.47 Å². The van der Waals surface area contributed by atoms with Crippen molar-refractivity contribution in [2.75, 3.05) is 14.2 Å². The fraction of sp³-hybridized carbons (Fsp3) is 0.500. The predicted molar refractivity (Wildman–Crippen MR) is 127 cm³/mol. The molecule has 0 aliphatic heterocycles. The Morgan fingerprint density at radius 2 is 0.938 bits per heavy atom. The quantitative estimate of drug-likeness (QED) is 0.521. The third-order valence-electron chi connectivity index (χ3n) is 6.48. The molecular weight excluding hydrogens is 400 g/mol. The van der Waals surface area contributed by atoms with E-state index in [4.69, 9.17) is 9.47 Å². The van der Waals surface area contributed by atoms with Gasteiger partial charge in [-0.3, -0.25) is 0 Å². The second-order valence-corrected chi connectivity index (χ2v) is 8.79. The Labute approximate surface area is 192 Å². The van der Waals surface area contributed by atoms with E-state index in [-0.39, 0.29) is 11.9 Å². The first-order chi connectivity index (χ1) is 15.6. The van der Waals surface area contributed by atoms with Crippen molar-refractivity contribution in [2.45, 2.75) is 77.0 Å². The zero-order valence-electron chi connectivity index (χ0n) is 19.6. The Morgan fingerprint density at radius 3 is 1.31 bits per heavy atom. The number of esters is 2. The standard InChI is InChI=1S/C28H36O4/c1-31-27(29)25-19-21-11-7-3-4-8-12-22-16-18-24(26(20-22)28(30)32-2)14-10-6-5-9-13-23(25)17-15-21/h15-20H,3-14H2,1-2H3. The van der Waals surface area contributed by atoms with Crippen LogP contribution in [-0.4, -0.2) is 26.2 Å². The topological polar surface area (TPSA) is 52.6 Å². The number of methoxy groups -OCH3 is 2. The highest BCUT2D eigenvalue weighted by molar-refractivity contribution is 5.91. The van der Waals surface area contributed by atoms with E-state index >= 15 is 0 Å². The maximum atomic E-state index is 12.3. The Morgan fingerprint density at radius 1 is 0.562 bits per heavy atom. The molecule has 4 nitrogen and oxygen atoms in total. The van der Waals surface area contributed by atoms with E-state index in [1.165, 1.54) is 25.3 Å². The lowest BCUT2D eigenvalue weighted by Gasteiger charge is -2.12. The second-order valence-electron chi connectivity index (χ2n) is 8.79. The Hall–Kier alpha value is -2.62. The van der Waals surface area contributed by atoms with Crippen LogP contribution in [0.1, 0.15) is 94.3 Å². The van der Waals surface area contributed by atoms with Crippen LogP contribution in [0.15, 0.2) is 36.4 Å².